The van der Waals surface area contributed by atoms with E-state index in [0.29, 0.717) is 11.5 Å². The average Bonchev–Trinajstić information content (AvgIpc) is 2.96. The average molecular weight is 263 g/mol. The minimum absolute atomic E-state index is 0.0503. The smallest absolute Gasteiger partial charge is 0.354 e. The van der Waals surface area contributed by atoms with Gasteiger partial charge < -0.3 is 25.1 Å². The van der Waals surface area contributed by atoms with Gasteiger partial charge in [-0.15, -0.1) is 0 Å². The summed E-state index contributed by atoms with van der Waals surface area (Å²) in [6.45, 7) is 1.93. The molecule has 2 rings (SSSR count). The van der Waals surface area contributed by atoms with Gasteiger partial charge in [-0.1, -0.05) is 0 Å². The number of aryl methyl sites for hydroxylation is 1. The molecule has 0 unspecified atom stereocenters. The van der Waals surface area contributed by atoms with Crippen LogP contribution in [0.4, 0.5) is 10.5 Å². The zero-order chi connectivity index (χ0) is 13.8. The van der Waals surface area contributed by atoms with E-state index in [0.717, 1.165) is 0 Å². The van der Waals surface area contributed by atoms with E-state index in [1.54, 1.807) is 25.1 Å². The zero-order valence-electron chi connectivity index (χ0n) is 10.2. The third kappa shape index (κ3) is 3.15. The monoisotopic (exact) mass is 263 g/mol. The highest BCUT2D eigenvalue weighted by Crippen LogP contribution is 2.16. The second kappa shape index (κ2) is 5.30. The lowest BCUT2D eigenvalue weighted by atomic mass is 10.3. The summed E-state index contributed by atoms with van der Waals surface area (Å²) in [5, 5.41) is 14.0. The lowest BCUT2D eigenvalue weighted by Crippen LogP contribution is -2.28. The molecule has 2 heterocycles. The molecule has 19 heavy (non-hydrogen) atoms. The maximum atomic E-state index is 11.6. The number of carbonyl (C=O) groups excluding carboxylic acids is 1. The van der Waals surface area contributed by atoms with Crippen LogP contribution in [0.1, 0.15) is 21.9 Å². The maximum Gasteiger partial charge on any atom is 0.354 e. The van der Waals surface area contributed by atoms with Gasteiger partial charge in [0.25, 0.3) is 0 Å². The Morgan fingerprint density at radius 2 is 2.26 bits per heavy atom. The number of nitrogens with one attached hydrogen (secondary N) is 3. The molecule has 0 atom stereocenters. The number of hydrogen-bond acceptors (Lipinski definition) is 3. The summed E-state index contributed by atoms with van der Waals surface area (Å²) in [6.07, 6.45) is 1.51. The molecule has 7 nitrogen and oxygen atoms in total. The van der Waals surface area contributed by atoms with Gasteiger partial charge in [-0.25, -0.2) is 9.59 Å². The third-order valence-electron chi connectivity index (χ3n) is 2.42. The zero-order valence-corrected chi connectivity index (χ0v) is 10.2. The molecular weight excluding hydrogens is 250 g/mol. The minimum atomic E-state index is -1.13. The van der Waals surface area contributed by atoms with Crippen molar-refractivity contribution in [1.29, 1.82) is 0 Å². The van der Waals surface area contributed by atoms with E-state index in [2.05, 4.69) is 15.6 Å². The molecule has 0 aliphatic carbocycles. The number of urea groups is 1. The molecule has 0 aliphatic heterocycles. The molecule has 2 aromatic rings. The number of hydrogen-bond donors (Lipinski definition) is 4. The van der Waals surface area contributed by atoms with Crippen LogP contribution in [0.5, 0.6) is 0 Å². The molecule has 0 saturated carbocycles. The van der Waals surface area contributed by atoms with Gasteiger partial charge in [0, 0.05) is 5.69 Å². The number of aromatic nitrogens is 1. The first-order valence-electron chi connectivity index (χ1n) is 5.56. The molecule has 0 radical (unpaired) electrons. The molecular formula is C12H13N3O4. The van der Waals surface area contributed by atoms with Crippen LogP contribution in [-0.2, 0) is 6.54 Å². The van der Waals surface area contributed by atoms with Crippen molar-refractivity contribution in [1.82, 2.24) is 10.3 Å². The van der Waals surface area contributed by atoms with Crippen molar-refractivity contribution >= 4 is 17.7 Å². The number of carboxylic acid groups (broad SMARTS) is 1. The Labute approximate surface area is 108 Å². The topological polar surface area (TPSA) is 107 Å². The Bertz CT molecular complexity index is 586. The van der Waals surface area contributed by atoms with E-state index >= 15 is 0 Å². The lowest BCUT2D eigenvalue weighted by Gasteiger charge is -2.05. The van der Waals surface area contributed by atoms with Crippen molar-refractivity contribution < 1.29 is 19.1 Å². The van der Waals surface area contributed by atoms with Crippen LogP contribution >= 0.6 is 0 Å². The fourth-order valence-electron chi connectivity index (χ4n) is 1.60. The van der Waals surface area contributed by atoms with Crippen molar-refractivity contribution in [2.45, 2.75) is 13.5 Å². The van der Waals surface area contributed by atoms with Gasteiger partial charge in [-0.2, -0.15) is 0 Å². The van der Waals surface area contributed by atoms with Crippen LogP contribution in [0.25, 0.3) is 0 Å². The molecule has 0 aliphatic rings. The van der Waals surface area contributed by atoms with Gasteiger partial charge in [-0.3, -0.25) is 0 Å². The highest BCUT2D eigenvalue weighted by Gasteiger charge is 2.15. The number of furan rings is 1. The van der Waals surface area contributed by atoms with Crippen LogP contribution in [0.2, 0.25) is 0 Å². The quantitative estimate of drug-likeness (QED) is 0.676. The van der Waals surface area contributed by atoms with Crippen molar-refractivity contribution in [3.63, 3.8) is 0 Å². The highest BCUT2D eigenvalue weighted by atomic mass is 16.4. The first kappa shape index (κ1) is 12.7. The second-order valence-electron chi connectivity index (χ2n) is 3.93. The van der Waals surface area contributed by atoms with Crippen molar-refractivity contribution in [3.05, 3.63) is 41.6 Å². The van der Waals surface area contributed by atoms with E-state index in [4.69, 9.17) is 9.52 Å². The molecule has 0 aromatic carbocycles. The van der Waals surface area contributed by atoms with Gasteiger partial charge >= 0.3 is 12.0 Å². The Morgan fingerprint density at radius 1 is 1.47 bits per heavy atom. The Morgan fingerprint density at radius 3 is 2.89 bits per heavy atom. The number of rotatable bonds is 4. The van der Waals surface area contributed by atoms with Crippen LogP contribution in [0.15, 0.2) is 28.9 Å². The van der Waals surface area contributed by atoms with Crippen LogP contribution in [0, 0.1) is 6.92 Å². The van der Waals surface area contributed by atoms with Crippen LogP contribution < -0.4 is 10.6 Å². The molecule has 0 bridgehead atoms. The molecule has 2 amide bonds. The number of aromatic carboxylic acids is 1. The fraction of sp³-hybridized carbons (Fsp3) is 0.167. The molecule has 0 saturated heterocycles. The van der Waals surface area contributed by atoms with Crippen molar-refractivity contribution in [2.75, 3.05) is 5.32 Å². The first-order chi connectivity index (χ1) is 9.06. The largest absolute Gasteiger partial charge is 0.477 e. The number of anilines is 1. The molecule has 7 heteroatoms. The Kier molecular flexibility index (Phi) is 3.56. The van der Waals surface area contributed by atoms with Gasteiger partial charge in [0.15, 0.2) is 0 Å². The first-order valence-corrected chi connectivity index (χ1v) is 5.56. The number of H-pyrrole nitrogens is 1. The predicted octanol–water partition coefficient (Wildman–Crippen LogP) is 1.94. The van der Waals surface area contributed by atoms with Gasteiger partial charge in [0.1, 0.15) is 11.5 Å². The van der Waals surface area contributed by atoms with Crippen molar-refractivity contribution in [3.8, 4) is 0 Å². The number of carboxylic acids is 1. The second-order valence-corrected chi connectivity index (χ2v) is 3.93. The SMILES string of the molecule is Cc1cc(NC(=O)NCc2ccco2)c(C(=O)O)[nH]1. The molecule has 2 aromatic heterocycles. The number of aromatic amines is 1. The lowest BCUT2D eigenvalue weighted by molar-refractivity contribution is 0.0692. The fourth-order valence-corrected chi connectivity index (χ4v) is 1.60. The van der Waals surface area contributed by atoms with Crippen LogP contribution in [0.3, 0.4) is 0 Å². The number of amides is 2. The predicted molar refractivity (Wildman–Crippen MR) is 67.1 cm³/mol. The molecule has 100 valence electrons. The highest BCUT2D eigenvalue weighted by molar-refractivity contribution is 5.99. The summed E-state index contributed by atoms with van der Waals surface area (Å²) < 4.78 is 5.06. The standard InChI is InChI=1S/C12H13N3O4/c1-7-5-9(10(14-7)11(16)17)15-12(18)13-6-8-3-2-4-19-8/h2-5,14H,6H2,1H3,(H,16,17)(H2,13,15,18). The van der Waals surface area contributed by atoms with Gasteiger partial charge in [0.05, 0.1) is 18.5 Å². The van der Waals surface area contributed by atoms with E-state index in [-0.39, 0.29) is 17.9 Å². The van der Waals surface area contributed by atoms with E-state index in [1.165, 1.54) is 6.26 Å². The third-order valence-corrected chi connectivity index (χ3v) is 2.42. The summed E-state index contributed by atoms with van der Waals surface area (Å²) in [6, 6.07) is 4.49. The molecule has 0 fully saturated rings. The molecule has 4 N–H and O–H groups in total. The summed E-state index contributed by atoms with van der Waals surface area (Å²) in [5.41, 5.74) is 0.825. The van der Waals surface area contributed by atoms with E-state index in [9.17, 15) is 9.59 Å². The molecule has 0 spiro atoms. The van der Waals surface area contributed by atoms with Crippen molar-refractivity contribution in [2.24, 2.45) is 0 Å². The number of carbonyl (C=O) groups is 2. The summed E-state index contributed by atoms with van der Waals surface area (Å²) >= 11 is 0. The summed E-state index contributed by atoms with van der Waals surface area (Å²) in [5.74, 6) is -0.520. The van der Waals surface area contributed by atoms with E-state index in [1.807, 2.05) is 0 Å². The Balaban J connectivity index is 1.97. The van der Waals surface area contributed by atoms with Gasteiger partial charge in [0.2, 0.25) is 0 Å². The summed E-state index contributed by atoms with van der Waals surface area (Å²) in [7, 11) is 0. The normalized spacial score (nSPS) is 10.2. The van der Waals surface area contributed by atoms with E-state index < -0.39 is 12.0 Å². The maximum absolute atomic E-state index is 11.6. The summed E-state index contributed by atoms with van der Waals surface area (Å²) in [4.78, 5) is 25.2. The van der Waals surface area contributed by atoms with Gasteiger partial charge in [-0.05, 0) is 25.1 Å². The Hall–Kier alpha value is -2.70. The van der Waals surface area contributed by atoms with Crippen LogP contribution in [-0.4, -0.2) is 22.1 Å². The minimum Gasteiger partial charge on any atom is -0.477 e.